The van der Waals surface area contributed by atoms with Crippen LogP contribution in [0.1, 0.15) is 23.6 Å². The van der Waals surface area contributed by atoms with E-state index in [0.29, 0.717) is 0 Å². The smallest absolute Gasteiger partial charge is 0.0426 e. The lowest BCUT2D eigenvalue weighted by Crippen LogP contribution is -2.18. The SMILES string of the molecule is CCNCc1ccc(N(C)Cc2ccc(Br)cc2)c(C)c1. The van der Waals surface area contributed by atoms with Crippen LogP contribution in [-0.4, -0.2) is 13.6 Å². The van der Waals surface area contributed by atoms with Gasteiger partial charge in [-0.25, -0.2) is 0 Å². The minimum Gasteiger partial charge on any atom is -0.370 e. The van der Waals surface area contributed by atoms with Crippen molar-refractivity contribution in [3.63, 3.8) is 0 Å². The maximum atomic E-state index is 3.48. The molecular weight excluding hydrogens is 324 g/mol. The molecule has 2 aromatic rings. The molecule has 112 valence electrons. The van der Waals surface area contributed by atoms with Crippen LogP contribution in [0, 0.1) is 6.92 Å². The molecule has 21 heavy (non-hydrogen) atoms. The number of hydrogen-bond acceptors (Lipinski definition) is 2. The lowest BCUT2D eigenvalue weighted by Gasteiger charge is -2.22. The Hall–Kier alpha value is -1.32. The molecule has 0 aliphatic rings. The van der Waals surface area contributed by atoms with Gasteiger partial charge in [0.2, 0.25) is 0 Å². The molecule has 0 unspecified atom stereocenters. The van der Waals surface area contributed by atoms with E-state index in [1.807, 2.05) is 0 Å². The summed E-state index contributed by atoms with van der Waals surface area (Å²) in [7, 11) is 2.15. The van der Waals surface area contributed by atoms with Gasteiger partial charge in [0.25, 0.3) is 0 Å². The van der Waals surface area contributed by atoms with Crippen molar-refractivity contribution < 1.29 is 0 Å². The minimum atomic E-state index is 0.917. The van der Waals surface area contributed by atoms with E-state index < -0.39 is 0 Å². The standard InChI is InChI=1S/C18H23BrN2/c1-4-20-12-16-7-10-18(14(2)11-16)21(3)13-15-5-8-17(19)9-6-15/h5-11,20H,4,12-13H2,1-3H3. The fourth-order valence-electron chi connectivity index (χ4n) is 2.47. The molecule has 0 aliphatic heterocycles. The van der Waals surface area contributed by atoms with Crippen molar-refractivity contribution in [3.05, 3.63) is 63.6 Å². The highest BCUT2D eigenvalue weighted by atomic mass is 79.9. The predicted molar refractivity (Wildman–Crippen MR) is 94.8 cm³/mol. The first kappa shape index (κ1) is 16.1. The van der Waals surface area contributed by atoms with E-state index in [1.165, 1.54) is 22.4 Å². The van der Waals surface area contributed by atoms with Crippen LogP contribution in [0.25, 0.3) is 0 Å². The molecule has 2 rings (SSSR count). The summed E-state index contributed by atoms with van der Waals surface area (Å²) in [5.41, 5.74) is 5.27. The van der Waals surface area contributed by atoms with Crippen LogP contribution in [0.15, 0.2) is 46.9 Å². The molecule has 0 aliphatic carbocycles. The summed E-state index contributed by atoms with van der Waals surface area (Å²) in [6.45, 7) is 7.18. The summed E-state index contributed by atoms with van der Waals surface area (Å²) in [5.74, 6) is 0. The molecule has 2 aromatic carbocycles. The van der Waals surface area contributed by atoms with Crippen LogP contribution in [0.5, 0.6) is 0 Å². The Labute approximate surface area is 136 Å². The van der Waals surface area contributed by atoms with Gasteiger partial charge < -0.3 is 10.2 Å². The number of nitrogens with one attached hydrogen (secondary N) is 1. The molecule has 1 N–H and O–H groups in total. The van der Waals surface area contributed by atoms with Crippen LogP contribution in [0.3, 0.4) is 0 Å². The zero-order chi connectivity index (χ0) is 15.2. The van der Waals surface area contributed by atoms with Gasteiger partial charge in [-0.3, -0.25) is 0 Å². The molecule has 0 fully saturated rings. The van der Waals surface area contributed by atoms with Crippen molar-refractivity contribution in [2.75, 3.05) is 18.5 Å². The molecule has 0 radical (unpaired) electrons. The largest absolute Gasteiger partial charge is 0.370 e. The van der Waals surface area contributed by atoms with Crippen molar-refractivity contribution in [2.24, 2.45) is 0 Å². The summed E-state index contributed by atoms with van der Waals surface area (Å²) in [5, 5.41) is 3.37. The van der Waals surface area contributed by atoms with E-state index in [0.717, 1.165) is 24.1 Å². The molecule has 0 aromatic heterocycles. The third kappa shape index (κ3) is 4.58. The van der Waals surface area contributed by atoms with E-state index in [9.17, 15) is 0 Å². The number of halogens is 1. The van der Waals surface area contributed by atoms with Gasteiger partial charge in [-0.05, 0) is 48.4 Å². The Balaban J connectivity index is 2.08. The Morgan fingerprint density at radius 2 is 1.71 bits per heavy atom. The van der Waals surface area contributed by atoms with Gasteiger partial charge in [0.15, 0.2) is 0 Å². The number of hydrogen-bond donors (Lipinski definition) is 1. The second-order valence-corrected chi connectivity index (χ2v) is 6.30. The normalized spacial score (nSPS) is 10.7. The fourth-order valence-corrected chi connectivity index (χ4v) is 2.74. The highest BCUT2D eigenvalue weighted by molar-refractivity contribution is 9.10. The summed E-state index contributed by atoms with van der Waals surface area (Å²) in [6, 6.07) is 15.2. The zero-order valence-corrected chi connectivity index (χ0v) is 14.6. The van der Waals surface area contributed by atoms with Crippen LogP contribution >= 0.6 is 15.9 Å². The van der Waals surface area contributed by atoms with Crippen LogP contribution < -0.4 is 10.2 Å². The van der Waals surface area contributed by atoms with Gasteiger partial charge >= 0.3 is 0 Å². The van der Waals surface area contributed by atoms with Gasteiger partial charge in [0.1, 0.15) is 0 Å². The maximum Gasteiger partial charge on any atom is 0.0426 e. The second kappa shape index (κ2) is 7.62. The zero-order valence-electron chi connectivity index (χ0n) is 13.0. The van der Waals surface area contributed by atoms with E-state index in [2.05, 4.69) is 89.5 Å². The predicted octanol–water partition coefficient (Wildman–Crippen LogP) is 4.50. The fraction of sp³-hybridized carbons (Fsp3) is 0.333. The highest BCUT2D eigenvalue weighted by Gasteiger charge is 2.06. The number of benzene rings is 2. The van der Waals surface area contributed by atoms with Gasteiger partial charge in [-0.2, -0.15) is 0 Å². The monoisotopic (exact) mass is 346 g/mol. The van der Waals surface area contributed by atoms with Gasteiger partial charge in [-0.1, -0.05) is 47.1 Å². The summed E-state index contributed by atoms with van der Waals surface area (Å²) in [6.07, 6.45) is 0. The lowest BCUT2D eigenvalue weighted by atomic mass is 10.1. The van der Waals surface area contributed by atoms with Crippen molar-refractivity contribution >= 4 is 21.6 Å². The maximum absolute atomic E-state index is 3.48. The van der Waals surface area contributed by atoms with Gasteiger partial charge in [0, 0.05) is 30.3 Å². The van der Waals surface area contributed by atoms with E-state index in [1.54, 1.807) is 0 Å². The molecule has 0 bridgehead atoms. The molecule has 0 atom stereocenters. The molecule has 0 spiro atoms. The average Bonchev–Trinajstić information content (AvgIpc) is 2.47. The molecule has 2 nitrogen and oxygen atoms in total. The van der Waals surface area contributed by atoms with Crippen molar-refractivity contribution in [1.82, 2.24) is 5.32 Å². The minimum absolute atomic E-state index is 0.917. The molecule has 0 saturated heterocycles. The third-order valence-electron chi connectivity index (χ3n) is 3.58. The summed E-state index contributed by atoms with van der Waals surface area (Å²) < 4.78 is 1.12. The van der Waals surface area contributed by atoms with E-state index in [-0.39, 0.29) is 0 Å². The average molecular weight is 347 g/mol. The van der Waals surface area contributed by atoms with Crippen LogP contribution in [0.2, 0.25) is 0 Å². The third-order valence-corrected chi connectivity index (χ3v) is 4.11. The second-order valence-electron chi connectivity index (χ2n) is 5.38. The molecule has 3 heteroatoms. The number of rotatable bonds is 6. The summed E-state index contributed by atoms with van der Waals surface area (Å²) >= 11 is 3.48. The Morgan fingerprint density at radius 1 is 1.05 bits per heavy atom. The quantitative estimate of drug-likeness (QED) is 0.828. The topological polar surface area (TPSA) is 15.3 Å². The highest BCUT2D eigenvalue weighted by Crippen LogP contribution is 2.22. The first-order valence-corrected chi connectivity index (χ1v) is 8.15. The van der Waals surface area contributed by atoms with Crippen molar-refractivity contribution in [2.45, 2.75) is 26.9 Å². The van der Waals surface area contributed by atoms with Crippen molar-refractivity contribution in [1.29, 1.82) is 0 Å². The molecular formula is C18H23BrN2. The Kier molecular flexibility index (Phi) is 5.83. The number of aryl methyl sites for hydroxylation is 1. The Bertz CT molecular complexity index is 578. The van der Waals surface area contributed by atoms with E-state index in [4.69, 9.17) is 0 Å². The van der Waals surface area contributed by atoms with Gasteiger partial charge in [-0.15, -0.1) is 0 Å². The first-order chi connectivity index (χ1) is 10.1. The first-order valence-electron chi connectivity index (χ1n) is 7.36. The molecule has 0 amide bonds. The Morgan fingerprint density at radius 3 is 2.33 bits per heavy atom. The summed E-state index contributed by atoms with van der Waals surface area (Å²) in [4.78, 5) is 2.30. The number of anilines is 1. The van der Waals surface area contributed by atoms with Crippen LogP contribution in [0.4, 0.5) is 5.69 Å². The molecule has 0 heterocycles. The van der Waals surface area contributed by atoms with Crippen molar-refractivity contribution in [3.8, 4) is 0 Å². The number of nitrogens with zero attached hydrogens (tertiary/aromatic N) is 1. The van der Waals surface area contributed by atoms with Gasteiger partial charge in [0.05, 0.1) is 0 Å². The lowest BCUT2D eigenvalue weighted by molar-refractivity contribution is 0.726. The molecule has 0 saturated carbocycles. The van der Waals surface area contributed by atoms with Crippen LogP contribution in [-0.2, 0) is 13.1 Å². The van der Waals surface area contributed by atoms with E-state index >= 15 is 0 Å².